The highest BCUT2D eigenvalue weighted by Crippen LogP contribution is 2.10. The van der Waals surface area contributed by atoms with E-state index in [1.54, 1.807) is 0 Å². The summed E-state index contributed by atoms with van der Waals surface area (Å²) < 4.78 is 4.57. The van der Waals surface area contributed by atoms with Crippen molar-refractivity contribution in [1.82, 2.24) is 5.32 Å². The van der Waals surface area contributed by atoms with Gasteiger partial charge in [0.2, 0.25) is 0 Å². The van der Waals surface area contributed by atoms with Gasteiger partial charge in [-0.25, -0.2) is 0 Å². The first-order valence-corrected chi connectivity index (χ1v) is 6.22. The van der Waals surface area contributed by atoms with Crippen LogP contribution >= 0.6 is 15.9 Å². The number of benzene rings is 1. The Hall–Kier alpha value is -0.910. The fraction of sp³-hybridized carbons (Fsp3) is 0.417. The van der Waals surface area contributed by atoms with Crippen molar-refractivity contribution in [1.29, 1.82) is 0 Å². The van der Waals surface area contributed by atoms with Gasteiger partial charge in [0.15, 0.2) is 0 Å². The van der Waals surface area contributed by atoms with E-state index in [9.17, 15) is 9.90 Å². The number of nitrogens with one attached hydrogen (secondary N) is 1. The third-order valence-corrected chi connectivity index (χ3v) is 3.00. The second kappa shape index (κ2) is 7.42. The third kappa shape index (κ3) is 4.85. The van der Waals surface area contributed by atoms with Gasteiger partial charge < -0.3 is 15.2 Å². The van der Waals surface area contributed by atoms with Gasteiger partial charge in [0, 0.05) is 13.1 Å². The summed E-state index contributed by atoms with van der Waals surface area (Å²) in [6.07, 6.45) is -0.575. The van der Waals surface area contributed by atoms with Gasteiger partial charge in [-0.15, -0.1) is 0 Å². The lowest BCUT2D eigenvalue weighted by atomic mass is 10.1. The number of aliphatic hydroxyl groups excluding tert-OH is 1. The Morgan fingerprint density at radius 1 is 1.41 bits per heavy atom. The van der Waals surface area contributed by atoms with Gasteiger partial charge >= 0.3 is 5.97 Å². The van der Waals surface area contributed by atoms with Crippen LogP contribution in [0.4, 0.5) is 0 Å². The zero-order valence-electron chi connectivity index (χ0n) is 9.60. The predicted octanol–water partition coefficient (Wildman–Crippen LogP) is 1.25. The number of hydrogen-bond donors (Lipinski definition) is 2. The predicted molar refractivity (Wildman–Crippen MR) is 69.0 cm³/mol. The Morgan fingerprint density at radius 3 is 2.65 bits per heavy atom. The van der Waals surface area contributed by atoms with E-state index < -0.39 is 10.9 Å². The van der Waals surface area contributed by atoms with Crippen LogP contribution < -0.4 is 5.32 Å². The maximum atomic E-state index is 11.1. The number of aliphatic hydroxyl groups is 1. The minimum Gasteiger partial charge on any atom is -0.468 e. The minimum atomic E-state index is -0.575. The monoisotopic (exact) mass is 301 g/mol. The van der Waals surface area contributed by atoms with E-state index >= 15 is 0 Å². The van der Waals surface area contributed by atoms with Crippen LogP contribution in [0.3, 0.4) is 0 Å². The number of carbonyl (C=O) groups is 1. The van der Waals surface area contributed by atoms with Gasteiger partial charge in [-0.2, -0.15) is 0 Å². The summed E-state index contributed by atoms with van der Waals surface area (Å²) in [7, 11) is 1.34. The highest BCUT2D eigenvalue weighted by atomic mass is 79.9. The number of alkyl halides is 1. The second-order valence-corrected chi connectivity index (χ2v) is 4.68. The van der Waals surface area contributed by atoms with Crippen LogP contribution in [0.5, 0.6) is 0 Å². The Labute approximate surface area is 109 Å². The standard InChI is InChI=1S/C12H16BrNO3/c1-17-12(16)10(13)7-14-8-11(15)9-5-3-2-4-6-9/h2-6,10-11,14-15H,7-8H2,1H3. The van der Waals surface area contributed by atoms with Gasteiger partial charge in [-0.05, 0) is 5.56 Å². The smallest absolute Gasteiger partial charge is 0.320 e. The van der Waals surface area contributed by atoms with E-state index in [1.807, 2.05) is 30.3 Å². The molecule has 1 aromatic rings. The third-order valence-electron chi connectivity index (χ3n) is 2.30. The van der Waals surface area contributed by atoms with Gasteiger partial charge in [0.25, 0.3) is 0 Å². The lowest BCUT2D eigenvalue weighted by Crippen LogP contribution is -2.32. The topological polar surface area (TPSA) is 58.6 Å². The van der Waals surface area contributed by atoms with Crippen LogP contribution in [-0.4, -0.2) is 36.1 Å². The van der Waals surface area contributed by atoms with Crippen LogP contribution in [-0.2, 0) is 9.53 Å². The quantitative estimate of drug-likeness (QED) is 0.613. The van der Waals surface area contributed by atoms with Crippen LogP contribution in [0.25, 0.3) is 0 Å². The van der Waals surface area contributed by atoms with E-state index in [2.05, 4.69) is 26.0 Å². The SMILES string of the molecule is COC(=O)C(Br)CNCC(O)c1ccccc1. The minimum absolute atomic E-state index is 0.327. The molecule has 0 amide bonds. The first-order chi connectivity index (χ1) is 8.15. The number of ether oxygens (including phenoxy) is 1. The van der Waals surface area contributed by atoms with Crippen LogP contribution in [0, 0.1) is 0 Å². The summed E-state index contributed by atoms with van der Waals surface area (Å²) in [6.45, 7) is 0.805. The molecule has 0 aromatic heterocycles. The molecule has 0 aliphatic carbocycles. The average molecular weight is 302 g/mol. The lowest BCUT2D eigenvalue weighted by Gasteiger charge is -2.13. The molecule has 1 aromatic carbocycles. The van der Waals surface area contributed by atoms with E-state index in [0.29, 0.717) is 13.1 Å². The van der Waals surface area contributed by atoms with Crippen molar-refractivity contribution >= 4 is 21.9 Å². The summed E-state index contributed by atoms with van der Waals surface area (Å²) in [6, 6.07) is 9.37. The molecule has 0 bridgehead atoms. The highest BCUT2D eigenvalue weighted by molar-refractivity contribution is 9.10. The summed E-state index contributed by atoms with van der Waals surface area (Å²) >= 11 is 3.19. The van der Waals surface area contributed by atoms with Crippen LogP contribution in [0.2, 0.25) is 0 Å². The van der Waals surface area contributed by atoms with Gasteiger partial charge in [-0.3, -0.25) is 4.79 Å². The number of methoxy groups -OCH3 is 1. The maximum absolute atomic E-state index is 11.1. The molecule has 2 unspecified atom stereocenters. The molecular formula is C12H16BrNO3. The molecule has 2 atom stereocenters. The fourth-order valence-corrected chi connectivity index (χ4v) is 1.77. The summed E-state index contributed by atoms with van der Waals surface area (Å²) in [5, 5.41) is 12.8. The normalized spacial score (nSPS) is 14.1. The first-order valence-electron chi connectivity index (χ1n) is 5.30. The molecule has 4 nitrogen and oxygen atoms in total. The molecule has 0 aliphatic heterocycles. The number of hydrogen-bond acceptors (Lipinski definition) is 4. The van der Waals surface area contributed by atoms with Crippen molar-refractivity contribution in [3.05, 3.63) is 35.9 Å². The number of carbonyl (C=O) groups excluding carboxylic acids is 1. The summed E-state index contributed by atoms with van der Waals surface area (Å²) in [4.78, 5) is 10.7. The molecule has 17 heavy (non-hydrogen) atoms. The van der Waals surface area contributed by atoms with Crippen molar-refractivity contribution in [3.63, 3.8) is 0 Å². The molecule has 0 radical (unpaired) electrons. The summed E-state index contributed by atoms with van der Waals surface area (Å²) in [5.74, 6) is -0.327. The van der Waals surface area contributed by atoms with Crippen molar-refractivity contribution in [3.8, 4) is 0 Å². The highest BCUT2D eigenvalue weighted by Gasteiger charge is 2.15. The Balaban J connectivity index is 2.30. The molecule has 2 N–H and O–H groups in total. The maximum Gasteiger partial charge on any atom is 0.320 e. The largest absolute Gasteiger partial charge is 0.468 e. The number of esters is 1. The van der Waals surface area contributed by atoms with Gasteiger partial charge in [0.1, 0.15) is 4.83 Å². The second-order valence-electron chi connectivity index (χ2n) is 3.58. The molecule has 94 valence electrons. The lowest BCUT2D eigenvalue weighted by molar-refractivity contribution is -0.139. The molecule has 0 aliphatic rings. The summed E-state index contributed by atoms with van der Waals surface area (Å²) in [5.41, 5.74) is 0.851. The Morgan fingerprint density at radius 2 is 2.06 bits per heavy atom. The molecule has 0 saturated carbocycles. The molecule has 5 heteroatoms. The zero-order valence-corrected chi connectivity index (χ0v) is 11.2. The fourth-order valence-electron chi connectivity index (χ4n) is 1.35. The number of halogens is 1. The first kappa shape index (κ1) is 14.2. The van der Waals surface area contributed by atoms with E-state index in [-0.39, 0.29) is 5.97 Å². The molecule has 0 heterocycles. The zero-order chi connectivity index (χ0) is 12.7. The van der Waals surface area contributed by atoms with Crippen molar-refractivity contribution in [2.24, 2.45) is 0 Å². The van der Waals surface area contributed by atoms with Gasteiger partial charge in [0.05, 0.1) is 13.2 Å². The van der Waals surface area contributed by atoms with E-state index in [0.717, 1.165) is 5.56 Å². The van der Waals surface area contributed by atoms with Crippen LogP contribution in [0.15, 0.2) is 30.3 Å². The Bertz CT molecular complexity index is 345. The average Bonchev–Trinajstić information content (AvgIpc) is 2.38. The van der Waals surface area contributed by atoms with Crippen LogP contribution in [0.1, 0.15) is 11.7 Å². The van der Waals surface area contributed by atoms with E-state index in [4.69, 9.17) is 0 Å². The molecule has 0 saturated heterocycles. The van der Waals surface area contributed by atoms with E-state index in [1.165, 1.54) is 7.11 Å². The van der Waals surface area contributed by atoms with Crippen molar-refractivity contribution < 1.29 is 14.6 Å². The molecule has 0 fully saturated rings. The van der Waals surface area contributed by atoms with Gasteiger partial charge in [-0.1, -0.05) is 46.3 Å². The van der Waals surface area contributed by atoms with Crippen molar-refractivity contribution in [2.75, 3.05) is 20.2 Å². The van der Waals surface area contributed by atoms with Crippen molar-refractivity contribution in [2.45, 2.75) is 10.9 Å². The molecule has 0 spiro atoms. The molecule has 1 rings (SSSR count). The number of rotatable bonds is 6. The molecular weight excluding hydrogens is 286 g/mol. The Kier molecular flexibility index (Phi) is 6.18.